The van der Waals surface area contributed by atoms with Crippen LogP contribution in [0, 0.1) is 0 Å². The van der Waals surface area contributed by atoms with Crippen molar-refractivity contribution in [3.63, 3.8) is 0 Å². The molecule has 1 aromatic rings. The molecule has 0 spiro atoms. The van der Waals surface area contributed by atoms with Gasteiger partial charge in [0.1, 0.15) is 0 Å². The Morgan fingerprint density at radius 1 is 1.16 bits per heavy atom. The lowest BCUT2D eigenvalue weighted by atomic mass is 10.1. The summed E-state index contributed by atoms with van der Waals surface area (Å²) in [7, 11) is 0. The Labute approximate surface area is 117 Å². The molecule has 0 atom stereocenters. The van der Waals surface area contributed by atoms with Crippen molar-refractivity contribution >= 4 is 23.5 Å². The molecule has 0 aliphatic rings. The van der Waals surface area contributed by atoms with Crippen molar-refractivity contribution in [1.29, 1.82) is 0 Å². The predicted octanol–water partition coefficient (Wildman–Crippen LogP) is 3.01. The van der Waals surface area contributed by atoms with Gasteiger partial charge in [0.15, 0.2) is 0 Å². The number of halogens is 1. The monoisotopic (exact) mass is 284 g/mol. The summed E-state index contributed by atoms with van der Waals surface area (Å²) in [5.74, 6) is -0.731. The van der Waals surface area contributed by atoms with Crippen molar-refractivity contribution in [2.45, 2.75) is 26.7 Å². The highest BCUT2D eigenvalue weighted by atomic mass is 35.5. The van der Waals surface area contributed by atoms with Gasteiger partial charge in [0.05, 0.1) is 23.8 Å². The van der Waals surface area contributed by atoms with Crippen molar-refractivity contribution in [1.82, 2.24) is 0 Å². The van der Waals surface area contributed by atoms with Gasteiger partial charge in [0, 0.05) is 6.42 Å². The number of carbonyl (C=O) groups excluding carboxylic acids is 2. The summed E-state index contributed by atoms with van der Waals surface area (Å²) in [5.41, 5.74) is 1.06. The Hall–Kier alpha value is -1.55. The second-order valence-electron chi connectivity index (χ2n) is 3.80. The van der Waals surface area contributed by atoms with Gasteiger partial charge in [-0.15, -0.1) is 0 Å². The molecular weight excluding hydrogens is 268 g/mol. The minimum Gasteiger partial charge on any atom is -0.466 e. The third kappa shape index (κ3) is 4.56. The van der Waals surface area contributed by atoms with E-state index in [1.165, 1.54) is 0 Å². The zero-order valence-electron chi connectivity index (χ0n) is 11.1. The van der Waals surface area contributed by atoms with E-state index >= 15 is 0 Å². The SMILES string of the molecule is CCOC(=O)CCc1cccc(C(=O)OCC)c1Cl. The Bertz CT molecular complexity index is 457. The predicted molar refractivity (Wildman–Crippen MR) is 72.4 cm³/mol. The molecule has 0 N–H and O–H groups in total. The maximum absolute atomic E-state index is 11.7. The zero-order valence-corrected chi connectivity index (χ0v) is 11.8. The first-order valence-corrected chi connectivity index (χ1v) is 6.58. The van der Waals surface area contributed by atoms with Gasteiger partial charge in [0.25, 0.3) is 0 Å². The van der Waals surface area contributed by atoms with Gasteiger partial charge >= 0.3 is 11.9 Å². The summed E-state index contributed by atoms with van der Waals surface area (Å²) in [6.45, 7) is 4.14. The molecule has 0 amide bonds. The zero-order chi connectivity index (χ0) is 14.3. The van der Waals surface area contributed by atoms with Crippen LogP contribution in [0.4, 0.5) is 0 Å². The highest BCUT2D eigenvalue weighted by molar-refractivity contribution is 6.34. The Balaban J connectivity index is 2.77. The molecule has 0 aliphatic heterocycles. The number of benzene rings is 1. The van der Waals surface area contributed by atoms with Crippen molar-refractivity contribution in [2.24, 2.45) is 0 Å². The molecule has 0 saturated carbocycles. The number of rotatable bonds is 6. The van der Waals surface area contributed by atoms with Crippen LogP contribution in [0.15, 0.2) is 18.2 Å². The summed E-state index contributed by atoms with van der Waals surface area (Å²) in [6, 6.07) is 5.11. The topological polar surface area (TPSA) is 52.6 Å². The van der Waals surface area contributed by atoms with Gasteiger partial charge in [-0.05, 0) is 31.9 Å². The summed E-state index contributed by atoms with van der Waals surface area (Å²) < 4.78 is 9.76. The van der Waals surface area contributed by atoms with Crippen LogP contribution in [0.5, 0.6) is 0 Å². The van der Waals surface area contributed by atoms with Crippen molar-refractivity contribution < 1.29 is 19.1 Å². The average Bonchev–Trinajstić information content (AvgIpc) is 2.38. The minimum absolute atomic E-state index is 0.236. The first-order valence-electron chi connectivity index (χ1n) is 6.20. The van der Waals surface area contributed by atoms with Gasteiger partial charge in [0.2, 0.25) is 0 Å². The molecule has 1 rings (SSSR count). The van der Waals surface area contributed by atoms with E-state index in [-0.39, 0.29) is 12.4 Å². The van der Waals surface area contributed by atoms with Crippen molar-refractivity contribution in [3.8, 4) is 0 Å². The molecule has 0 fully saturated rings. The van der Waals surface area contributed by atoms with E-state index in [4.69, 9.17) is 21.1 Å². The number of esters is 2. The largest absolute Gasteiger partial charge is 0.466 e. The lowest BCUT2D eigenvalue weighted by molar-refractivity contribution is -0.143. The van der Waals surface area contributed by atoms with E-state index in [0.29, 0.717) is 30.2 Å². The molecule has 1 aromatic carbocycles. The normalized spacial score (nSPS) is 10.1. The van der Waals surface area contributed by atoms with Crippen LogP contribution in [0.2, 0.25) is 5.02 Å². The van der Waals surface area contributed by atoms with E-state index in [0.717, 1.165) is 5.56 Å². The maximum Gasteiger partial charge on any atom is 0.339 e. The molecule has 19 heavy (non-hydrogen) atoms. The average molecular weight is 285 g/mol. The van der Waals surface area contributed by atoms with Crippen LogP contribution < -0.4 is 0 Å². The van der Waals surface area contributed by atoms with Crippen LogP contribution in [-0.4, -0.2) is 25.2 Å². The van der Waals surface area contributed by atoms with Crippen LogP contribution in [0.3, 0.4) is 0 Å². The Morgan fingerprint density at radius 3 is 2.47 bits per heavy atom. The first-order chi connectivity index (χ1) is 9.10. The van der Waals surface area contributed by atoms with Crippen LogP contribution in [0.1, 0.15) is 36.2 Å². The van der Waals surface area contributed by atoms with Gasteiger partial charge in [-0.3, -0.25) is 4.79 Å². The second-order valence-corrected chi connectivity index (χ2v) is 4.18. The Kier molecular flexibility index (Phi) is 6.36. The fraction of sp³-hybridized carbons (Fsp3) is 0.429. The summed E-state index contributed by atoms with van der Waals surface area (Å²) in [4.78, 5) is 23.0. The van der Waals surface area contributed by atoms with Crippen LogP contribution in [0.25, 0.3) is 0 Å². The van der Waals surface area contributed by atoms with Crippen molar-refractivity contribution in [2.75, 3.05) is 13.2 Å². The van der Waals surface area contributed by atoms with Gasteiger partial charge in [-0.25, -0.2) is 4.79 Å². The molecule has 5 heteroatoms. The molecule has 4 nitrogen and oxygen atoms in total. The Morgan fingerprint density at radius 2 is 1.84 bits per heavy atom. The summed E-state index contributed by atoms with van der Waals surface area (Å²) >= 11 is 6.15. The lowest BCUT2D eigenvalue weighted by Crippen LogP contribution is -2.08. The molecule has 0 aliphatic carbocycles. The molecule has 0 radical (unpaired) electrons. The third-order valence-corrected chi connectivity index (χ3v) is 2.92. The summed E-state index contributed by atoms with van der Waals surface area (Å²) in [6.07, 6.45) is 0.671. The van der Waals surface area contributed by atoms with E-state index in [1.807, 2.05) is 0 Å². The molecule has 0 heterocycles. The first kappa shape index (κ1) is 15.5. The summed E-state index contributed by atoms with van der Waals surface area (Å²) in [5, 5.41) is 0.338. The fourth-order valence-electron chi connectivity index (χ4n) is 1.61. The standard InChI is InChI=1S/C14H17ClO4/c1-3-18-12(16)9-8-10-6-5-7-11(13(10)15)14(17)19-4-2/h5-7H,3-4,8-9H2,1-2H3. The van der Waals surface area contributed by atoms with Crippen LogP contribution in [-0.2, 0) is 20.7 Å². The van der Waals surface area contributed by atoms with Gasteiger partial charge in [-0.1, -0.05) is 23.7 Å². The number of carbonyl (C=O) groups is 2. The maximum atomic E-state index is 11.7. The lowest BCUT2D eigenvalue weighted by Gasteiger charge is -2.08. The second kappa shape index (κ2) is 7.79. The quantitative estimate of drug-likeness (QED) is 0.754. The smallest absolute Gasteiger partial charge is 0.339 e. The molecule has 0 aromatic heterocycles. The van der Waals surface area contributed by atoms with E-state index in [9.17, 15) is 9.59 Å². The fourth-order valence-corrected chi connectivity index (χ4v) is 1.91. The molecule has 0 saturated heterocycles. The third-order valence-electron chi connectivity index (χ3n) is 2.48. The van der Waals surface area contributed by atoms with Gasteiger partial charge in [-0.2, -0.15) is 0 Å². The molecular formula is C14H17ClO4. The molecule has 0 bridgehead atoms. The molecule has 104 valence electrons. The number of hydrogen-bond acceptors (Lipinski definition) is 4. The number of aryl methyl sites for hydroxylation is 1. The minimum atomic E-state index is -0.453. The van der Waals surface area contributed by atoms with E-state index in [1.54, 1.807) is 32.0 Å². The van der Waals surface area contributed by atoms with Crippen LogP contribution >= 0.6 is 11.6 Å². The highest BCUT2D eigenvalue weighted by Crippen LogP contribution is 2.23. The number of hydrogen-bond donors (Lipinski definition) is 0. The van der Waals surface area contributed by atoms with E-state index < -0.39 is 5.97 Å². The molecule has 0 unspecified atom stereocenters. The number of ether oxygens (including phenoxy) is 2. The highest BCUT2D eigenvalue weighted by Gasteiger charge is 2.15. The van der Waals surface area contributed by atoms with E-state index in [2.05, 4.69) is 0 Å². The van der Waals surface area contributed by atoms with Gasteiger partial charge < -0.3 is 9.47 Å². The van der Waals surface area contributed by atoms with Crippen molar-refractivity contribution in [3.05, 3.63) is 34.3 Å².